The summed E-state index contributed by atoms with van der Waals surface area (Å²) >= 11 is 0. The highest BCUT2D eigenvalue weighted by molar-refractivity contribution is 5.80. The van der Waals surface area contributed by atoms with Crippen LogP contribution >= 0.6 is 0 Å². The molecule has 0 saturated heterocycles. The summed E-state index contributed by atoms with van der Waals surface area (Å²) in [4.78, 5) is 0. The number of aryl methyl sites for hydroxylation is 2. The van der Waals surface area contributed by atoms with Crippen molar-refractivity contribution in [1.82, 2.24) is 0 Å². The van der Waals surface area contributed by atoms with Crippen molar-refractivity contribution < 1.29 is 4.57 Å². The zero-order valence-corrected chi connectivity index (χ0v) is 8.83. The fourth-order valence-corrected chi connectivity index (χ4v) is 1.78. The molecule has 2 nitrogen and oxygen atoms in total. The molecule has 0 amide bonds. The maximum absolute atomic E-state index is 5.75. The fraction of sp³-hybridized carbons (Fsp3) is 0.250. The summed E-state index contributed by atoms with van der Waals surface area (Å²) in [6, 6.07) is 8.21. The molecule has 0 fully saturated rings. The van der Waals surface area contributed by atoms with Gasteiger partial charge in [-0.05, 0) is 25.1 Å². The van der Waals surface area contributed by atoms with Gasteiger partial charge in [-0.3, -0.25) is 0 Å². The molecule has 2 rings (SSSR count). The molecular weight excluding hydrogens is 172 g/mol. The molecule has 1 aromatic carbocycles. The zero-order chi connectivity index (χ0) is 10.3. The minimum absolute atomic E-state index is 0.820. The number of hydrogen-bond donors (Lipinski definition) is 1. The molecule has 0 aliphatic heterocycles. The molecule has 0 aliphatic carbocycles. The van der Waals surface area contributed by atoms with Gasteiger partial charge in [-0.25, -0.2) is 0 Å². The Morgan fingerprint density at radius 3 is 2.57 bits per heavy atom. The van der Waals surface area contributed by atoms with E-state index in [4.69, 9.17) is 5.73 Å². The summed E-state index contributed by atoms with van der Waals surface area (Å²) in [6.45, 7) is 4.25. The van der Waals surface area contributed by atoms with E-state index in [1.807, 2.05) is 12.1 Å². The van der Waals surface area contributed by atoms with Crippen LogP contribution in [0.4, 0.5) is 5.69 Å². The Kier molecular flexibility index (Phi) is 1.92. The first kappa shape index (κ1) is 9.00. The lowest BCUT2D eigenvalue weighted by Gasteiger charge is -2.03. The summed E-state index contributed by atoms with van der Waals surface area (Å²) in [6.07, 6.45) is 0. The summed E-state index contributed by atoms with van der Waals surface area (Å²) in [5, 5.41) is 1.20. The van der Waals surface area contributed by atoms with E-state index in [2.05, 4.69) is 37.6 Å². The van der Waals surface area contributed by atoms with E-state index < -0.39 is 0 Å². The molecule has 0 atom stereocenters. The van der Waals surface area contributed by atoms with Crippen LogP contribution in [0.2, 0.25) is 0 Å². The second kappa shape index (κ2) is 2.98. The van der Waals surface area contributed by atoms with E-state index in [0.29, 0.717) is 0 Å². The Morgan fingerprint density at radius 1 is 1.14 bits per heavy atom. The van der Waals surface area contributed by atoms with Gasteiger partial charge >= 0.3 is 0 Å². The Bertz CT molecular complexity index is 501. The highest BCUT2D eigenvalue weighted by atomic mass is 14.9. The van der Waals surface area contributed by atoms with E-state index in [1.54, 1.807) is 0 Å². The minimum Gasteiger partial charge on any atom is -0.399 e. The highest BCUT2D eigenvalue weighted by Gasteiger charge is 2.10. The van der Waals surface area contributed by atoms with Gasteiger partial charge in [-0.15, -0.1) is 0 Å². The Morgan fingerprint density at radius 2 is 1.86 bits per heavy atom. The first-order valence-electron chi connectivity index (χ1n) is 4.75. The maximum Gasteiger partial charge on any atom is 0.212 e. The molecule has 14 heavy (non-hydrogen) atoms. The lowest BCUT2D eigenvalue weighted by Crippen LogP contribution is -2.33. The molecule has 2 aromatic rings. The first-order valence-corrected chi connectivity index (χ1v) is 4.75. The maximum atomic E-state index is 5.75. The SMILES string of the molecule is Cc1cc2cc(N)ccc2[n+](C)c1C. The molecule has 0 radical (unpaired) electrons. The summed E-state index contributed by atoms with van der Waals surface area (Å²) in [7, 11) is 2.08. The molecule has 1 aromatic heterocycles. The molecule has 0 bridgehead atoms. The van der Waals surface area contributed by atoms with Gasteiger partial charge < -0.3 is 5.73 Å². The number of anilines is 1. The number of aromatic nitrogens is 1. The fourth-order valence-electron chi connectivity index (χ4n) is 1.78. The van der Waals surface area contributed by atoms with Crippen molar-refractivity contribution in [2.75, 3.05) is 5.73 Å². The van der Waals surface area contributed by atoms with Crippen molar-refractivity contribution >= 4 is 16.6 Å². The van der Waals surface area contributed by atoms with Crippen molar-refractivity contribution in [3.63, 3.8) is 0 Å². The van der Waals surface area contributed by atoms with E-state index in [9.17, 15) is 0 Å². The molecule has 2 heteroatoms. The Balaban J connectivity index is 2.91. The number of nitrogens with zero attached hydrogens (tertiary/aromatic N) is 1. The average molecular weight is 187 g/mol. The van der Waals surface area contributed by atoms with Crippen LogP contribution in [0, 0.1) is 13.8 Å². The van der Waals surface area contributed by atoms with Gasteiger partial charge in [0.15, 0.2) is 5.69 Å². The number of nitrogen functional groups attached to an aromatic ring is 1. The van der Waals surface area contributed by atoms with Crippen LogP contribution in [0.5, 0.6) is 0 Å². The molecule has 0 aliphatic rings. The quantitative estimate of drug-likeness (QED) is 0.495. The third kappa shape index (κ3) is 1.23. The summed E-state index contributed by atoms with van der Waals surface area (Å²) in [5.74, 6) is 0. The molecule has 1 heterocycles. The Labute approximate surface area is 84.0 Å². The van der Waals surface area contributed by atoms with Gasteiger partial charge in [-0.2, -0.15) is 4.57 Å². The number of pyridine rings is 1. The topological polar surface area (TPSA) is 29.9 Å². The van der Waals surface area contributed by atoms with Crippen LogP contribution in [0.3, 0.4) is 0 Å². The van der Waals surface area contributed by atoms with Crippen LogP contribution in [0.1, 0.15) is 11.3 Å². The third-order valence-electron chi connectivity index (χ3n) is 2.86. The second-order valence-corrected chi connectivity index (χ2v) is 3.79. The number of rotatable bonds is 0. The Hall–Kier alpha value is -1.57. The normalized spacial score (nSPS) is 10.8. The van der Waals surface area contributed by atoms with Crippen molar-refractivity contribution in [3.05, 3.63) is 35.5 Å². The third-order valence-corrected chi connectivity index (χ3v) is 2.86. The van der Waals surface area contributed by atoms with Crippen LogP contribution in [-0.2, 0) is 7.05 Å². The summed E-state index contributed by atoms with van der Waals surface area (Å²) < 4.78 is 2.20. The number of hydrogen-bond acceptors (Lipinski definition) is 1. The molecule has 72 valence electrons. The number of nitrogens with two attached hydrogens (primary N) is 1. The zero-order valence-electron chi connectivity index (χ0n) is 8.83. The van der Waals surface area contributed by atoms with Crippen LogP contribution in [0.25, 0.3) is 10.9 Å². The predicted octanol–water partition coefficient (Wildman–Crippen LogP) is 1.86. The monoisotopic (exact) mass is 187 g/mol. The van der Waals surface area contributed by atoms with E-state index >= 15 is 0 Å². The number of fused-ring (bicyclic) bond motifs is 1. The molecule has 0 spiro atoms. The molecule has 2 N–H and O–H groups in total. The average Bonchev–Trinajstić information content (AvgIpc) is 2.14. The van der Waals surface area contributed by atoms with Gasteiger partial charge in [0.25, 0.3) is 0 Å². The first-order chi connectivity index (χ1) is 6.59. The van der Waals surface area contributed by atoms with E-state index in [0.717, 1.165) is 5.69 Å². The second-order valence-electron chi connectivity index (χ2n) is 3.79. The number of benzene rings is 1. The van der Waals surface area contributed by atoms with Gasteiger partial charge in [0.1, 0.15) is 7.05 Å². The largest absolute Gasteiger partial charge is 0.399 e. The predicted molar refractivity (Wildman–Crippen MR) is 59.0 cm³/mol. The standard InChI is InChI=1S/C12H15N2/c1-8-6-10-7-11(13)4-5-12(10)14(3)9(8)2/h4-7H,13H2,1-3H3/q+1. The van der Waals surface area contributed by atoms with Crippen LogP contribution in [-0.4, -0.2) is 0 Å². The van der Waals surface area contributed by atoms with Gasteiger partial charge in [0, 0.05) is 29.6 Å². The van der Waals surface area contributed by atoms with Crippen LogP contribution in [0.15, 0.2) is 24.3 Å². The van der Waals surface area contributed by atoms with Gasteiger partial charge in [-0.1, -0.05) is 0 Å². The molecular formula is C12H15N2+. The van der Waals surface area contributed by atoms with Crippen molar-refractivity contribution in [1.29, 1.82) is 0 Å². The van der Waals surface area contributed by atoms with Crippen molar-refractivity contribution in [2.45, 2.75) is 13.8 Å². The lowest BCUT2D eigenvalue weighted by atomic mass is 10.1. The molecule has 0 saturated carbocycles. The minimum atomic E-state index is 0.820. The van der Waals surface area contributed by atoms with E-state index in [1.165, 1.54) is 22.2 Å². The smallest absolute Gasteiger partial charge is 0.212 e. The van der Waals surface area contributed by atoms with Crippen molar-refractivity contribution in [2.24, 2.45) is 7.05 Å². The van der Waals surface area contributed by atoms with Gasteiger partial charge in [0.05, 0.1) is 0 Å². The van der Waals surface area contributed by atoms with Gasteiger partial charge in [0.2, 0.25) is 5.52 Å². The lowest BCUT2D eigenvalue weighted by molar-refractivity contribution is -0.651. The van der Waals surface area contributed by atoms with Crippen molar-refractivity contribution in [3.8, 4) is 0 Å². The molecule has 0 unspecified atom stereocenters. The van der Waals surface area contributed by atoms with E-state index in [-0.39, 0.29) is 0 Å². The summed E-state index contributed by atoms with van der Waals surface area (Å²) in [5.41, 5.74) is 10.4. The highest BCUT2D eigenvalue weighted by Crippen LogP contribution is 2.16. The van der Waals surface area contributed by atoms with Crippen LogP contribution < -0.4 is 10.3 Å².